The van der Waals surface area contributed by atoms with Gasteiger partial charge in [0, 0.05) is 20.8 Å². The SMILES string of the molecule is CC(=O)OC[C@H]1O[C@@H](O[C@@H]2[C@@H](O)[C@H](OC(=O)c3ccccc3)[C@@H](OC(=O)c3ccccc3)[C@@H](OC(=O)c3ccccc3)[C@@H]2OC(=O)c2ccccc2)[C@H](NC(=O)C(F)(F)F)[C@@H](OC(C)=O)[C@@H]1OC(C)=O. The van der Waals surface area contributed by atoms with Crippen molar-refractivity contribution >= 4 is 47.7 Å². The maximum atomic E-state index is 14.1. The zero-order valence-corrected chi connectivity index (χ0v) is 37.1. The Balaban J connectivity index is 1.57. The van der Waals surface area contributed by atoms with Gasteiger partial charge in [0.05, 0.1) is 22.3 Å². The van der Waals surface area contributed by atoms with E-state index < -0.39 is 128 Å². The highest BCUT2D eigenvalue weighted by atomic mass is 19.4. The zero-order valence-electron chi connectivity index (χ0n) is 37.1. The summed E-state index contributed by atoms with van der Waals surface area (Å²) in [6.45, 7) is 1.78. The van der Waals surface area contributed by atoms with Gasteiger partial charge in [-0.25, -0.2) is 19.2 Å². The molecule has 11 atom stereocenters. The summed E-state index contributed by atoms with van der Waals surface area (Å²) < 4.78 is 94.1. The molecule has 0 aromatic heterocycles. The third kappa shape index (κ3) is 13.1. The van der Waals surface area contributed by atoms with Crippen molar-refractivity contribution in [3.63, 3.8) is 0 Å². The summed E-state index contributed by atoms with van der Waals surface area (Å²) in [6.07, 6.45) is -27.7. The number of ether oxygens (including phenoxy) is 9. The average molecular weight is 980 g/mol. The lowest BCUT2D eigenvalue weighted by Gasteiger charge is -2.50. The molecule has 2 aliphatic rings. The number of carbonyl (C=O) groups is 8. The summed E-state index contributed by atoms with van der Waals surface area (Å²) in [6, 6.07) is 26.1. The van der Waals surface area contributed by atoms with Crippen molar-refractivity contribution in [3.8, 4) is 0 Å². The van der Waals surface area contributed by atoms with E-state index in [1.165, 1.54) is 97.1 Å². The number of amides is 1. The minimum absolute atomic E-state index is 0.106. The van der Waals surface area contributed by atoms with Crippen molar-refractivity contribution in [2.45, 2.75) is 94.2 Å². The summed E-state index contributed by atoms with van der Waals surface area (Å²) in [5.74, 6) is -10.7. The molecule has 1 saturated carbocycles. The minimum atomic E-state index is -5.65. The fourth-order valence-corrected chi connectivity index (χ4v) is 7.46. The molecule has 19 nitrogen and oxygen atoms in total. The number of aliphatic hydroxyl groups excluding tert-OH is 1. The molecule has 6 rings (SSSR count). The molecule has 2 fully saturated rings. The zero-order chi connectivity index (χ0) is 50.7. The molecule has 4 aromatic rings. The van der Waals surface area contributed by atoms with Gasteiger partial charge in [0.15, 0.2) is 42.9 Å². The van der Waals surface area contributed by atoms with Crippen LogP contribution in [0.1, 0.15) is 62.2 Å². The predicted molar refractivity (Wildman–Crippen MR) is 228 cm³/mol. The van der Waals surface area contributed by atoms with Crippen molar-refractivity contribution in [1.82, 2.24) is 5.32 Å². The molecular weight excluding hydrogens is 936 g/mol. The number of halogens is 3. The first kappa shape index (κ1) is 51.7. The number of hydrogen-bond donors (Lipinski definition) is 2. The molecule has 0 bridgehead atoms. The molecule has 1 aliphatic heterocycles. The average Bonchev–Trinajstić information content (AvgIpc) is 3.33. The molecule has 0 radical (unpaired) electrons. The number of hydrogen-bond acceptors (Lipinski definition) is 18. The smallest absolute Gasteiger partial charge is 0.463 e. The molecular formula is C48H44F3NO18. The highest BCUT2D eigenvalue weighted by molar-refractivity contribution is 5.92. The van der Waals surface area contributed by atoms with E-state index in [0.717, 1.165) is 20.8 Å². The maximum Gasteiger partial charge on any atom is 0.471 e. The quantitative estimate of drug-likeness (QED) is 0.127. The van der Waals surface area contributed by atoms with E-state index in [1.807, 2.05) is 0 Å². The Labute approximate surface area is 396 Å². The Hall–Kier alpha value is -7.69. The number of rotatable bonds is 15. The lowest BCUT2D eigenvalue weighted by atomic mass is 9.83. The van der Waals surface area contributed by atoms with Gasteiger partial charge < -0.3 is 53.1 Å². The first-order valence-corrected chi connectivity index (χ1v) is 21.2. The predicted octanol–water partition coefficient (Wildman–Crippen LogP) is 3.85. The van der Waals surface area contributed by atoms with Crippen LogP contribution in [0.25, 0.3) is 0 Å². The van der Waals surface area contributed by atoms with Crippen LogP contribution in [0.3, 0.4) is 0 Å². The molecule has 0 spiro atoms. The Morgan fingerprint density at radius 3 is 1.23 bits per heavy atom. The van der Waals surface area contributed by atoms with Gasteiger partial charge in [0.25, 0.3) is 0 Å². The van der Waals surface area contributed by atoms with Crippen LogP contribution in [0.4, 0.5) is 13.2 Å². The number of aliphatic hydroxyl groups is 1. The molecule has 4 aromatic carbocycles. The van der Waals surface area contributed by atoms with E-state index in [-0.39, 0.29) is 22.3 Å². The van der Waals surface area contributed by atoms with E-state index in [0.29, 0.717) is 0 Å². The summed E-state index contributed by atoms with van der Waals surface area (Å²) in [7, 11) is 0. The lowest BCUT2D eigenvalue weighted by Crippen LogP contribution is -2.72. The molecule has 370 valence electrons. The minimum Gasteiger partial charge on any atom is -0.463 e. The third-order valence-electron chi connectivity index (χ3n) is 10.5. The largest absolute Gasteiger partial charge is 0.471 e. The van der Waals surface area contributed by atoms with Crippen LogP contribution in [0.5, 0.6) is 0 Å². The van der Waals surface area contributed by atoms with Gasteiger partial charge in [0.2, 0.25) is 0 Å². The fraction of sp³-hybridized carbons (Fsp3) is 0.333. The van der Waals surface area contributed by atoms with Crippen molar-refractivity contribution in [1.29, 1.82) is 0 Å². The van der Waals surface area contributed by atoms with Crippen LogP contribution in [-0.2, 0) is 61.8 Å². The highest BCUT2D eigenvalue weighted by Gasteiger charge is 2.61. The molecule has 70 heavy (non-hydrogen) atoms. The van der Waals surface area contributed by atoms with Crippen LogP contribution < -0.4 is 5.32 Å². The second-order valence-corrected chi connectivity index (χ2v) is 15.5. The lowest BCUT2D eigenvalue weighted by molar-refractivity contribution is -0.320. The molecule has 22 heteroatoms. The Morgan fingerprint density at radius 2 is 0.857 bits per heavy atom. The van der Waals surface area contributed by atoms with E-state index in [4.69, 9.17) is 42.6 Å². The van der Waals surface area contributed by atoms with Crippen LogP contribution >= 0.6 is 0 Å². The fourth-order valence-electron chi connectivity index (χ4n) is 7.46. The van der Waals surface area contributed by atoms with Crippen LogP contribution in [0.2, 0.25) is 0 Å². The molecule has 0 unspecified atom stereocenters. The summed E-state index contributed by atoms with van der Waals surface area (Å²) in [5, 5.41) is 14.2. The third-order valence-corrected chi connectivity index (χ3v) is 10.5. The summed E-state index contributed by atoms with van der Waals surface area (Å²) in [5.41, 5.74) is -0.532. The first-order valence-electron chi connectivity index (χ1n) is 21.2. The van der Waals surface area contributed by atoms with Crippen molar-refractivity contribution in [2.75, 3.05) is 6.61 Å². The summed E-state index contributed by atoms with van der Waals surface area (Å²) >= 11 is 0. The number of alkyl halides is 3. The monoisotopic (exact) mass is 979 g/mol. The highest BCUT2D eigenvalue weighted by Crippen LogP contribution is 2.38. The Morgan fingerprint density at radius 1 is 0.500 bits per heavy atom. The Bertz CT molecular complexity index is 2500. The first-order chi connectivity index (χ1) is 33.3. The second-order valence-electron chi connectivity index (χ2n) is 15.5. The number of benzene rings is 4. The van der Waals surface area contributed by atoms with E-state index >= 15 is 0 Å². The van der Waals surface area contributed by atoms with Gasteiger partial charge in [-0.2, -0.15) is 13.2 Å². The van der Waals surface area contributed by atoms with E-state index in [2.05, 4.69) is 0 Å². The maximum absolute atomic E-state index is 14.1. The van der Waals surface area contributed by atoms with Crippen LogP contribution in [0.15, 0.2) is 121 Å². The van der Waals surface area contributed by atoms with Gasteiger partial charge in [-0.05, 0) is 48.5 Å². The topological polar surface area (TPSA) is 252 Å². The van der Waals surface area contributed by atoms with Crippen LogP contribution in [-0.4, -0.2) is 133 Å². The van der Waals surface area contributed by atoms with Crippen LogP contribution in [0, 0.1) is 0 Å². The normalized spacial score (nSPS) is 25.2. The number of esters is 7. The molecule has 1 heterocycles. The molecule has 1 saturated heterocycles. The van der Waals surface area contributed by atoms with Gasteiger partial charge in [-0.15, -0.1) is 0 Å². The van der Waals surface area contributed by atoms with Gasteiger partial charge >= 0.3 is 53.9 Å². The second kappa shape index (κ2) is 23.1. The Kier molecular flexibility index (Phi) is 17.0. The molecule has 1 aliphatic carbocycles. The van der Waals surface area contributed by atoms with Gasteiger partial charge in [-0.1, -0.05) is 72.8 Å². The molecule has 1 amide bonds. The van der Waals surface area contributed by atoms with Gasteiger partial charge in [-0.3, -0.25) is 19.2 Å². The standard InChI is InChI=1S/C48H44F3NO18/c1-25(53)62-24-32-35(63-26(2)54)36(64-27(3)55)33(52-47(61)48(49,50)51)46(65-32)70-38-34(56)37(66-42(57)28-16-8-4-9-17-28)39(67-43(58)29-18-10-5-11-19-29)41(69-45(60)31-22-14-7-15-23-31)40(38)68-44(59)30-20-12-6-13-21-30/h4-23,32-41,46,56H,24H2,1-3H3,(H,52,61)/t32-,33-,34+,35-,36-,37+,38-,39-,40-,41-,46+/m1/s1. The van der Waals surface area contributed by atoms with Crippen molar-refractivity contribution < 1.29 is 99.3 Å². The van der Waals surface area contributed by atoms with Gasteiger partial charge in [0.1, 0.15) is 31.0 Å². The summed E-state index contributed by atoms with van der Waals surface area (Å²) in [4.78, 5) is 106. The molecule has 2 N–H and O–H groups in total. The van der Waals surface area contributed by atoms with E-state index in [1.54, 1.807) is 29.6 Å². The van der Waals surface area contributed by atoms with Crippen molar-refractivity contribution in [3.05, 3.63) is 144 Å². The number of nitrogens with one attached hydrogen (secondary N) is 1. The van der Waals surface area contributed by atoms with E-state index in [9.17, 15) is 56.6 Å². The number of carbonyl (C=O) groups excluding carboxylic acids is 8. The van der Waals surface area contributed by atoms with Crippen molar-refractivity contribution in [2.24, 2.45) is 0 Å².